The van der Waals surface area contributed by atoms with Crippen molar-refractivity contribution < 1.29 is 0 Å². The van der Waals surface area contributed by atoms with E-state index in [9.17, 15) is 0 Å². The topological polar surface area (TPSA) is 48.7 Å². The zero-order valence-electron chi connectivity index (χ0n) is 9.86. The van der Waals surface area contributed by atoms with Crippen LogP contribution in [0.5, 0.6) is 0 Å². The van der Waals surface area contributed by atoms with Crippen LogP contribution in [0.3, 0.4) is 0 Å². The Labute approximate surface area is 101 Å². The number of hydrogen-bond acceptors (Lipinski definition) is 3. The van der Waals surface area contributed by atoms with Gasteiger partial charge in [0.2, 0.25) is 0 Å². The van der Waals surface area contributed by atoms with Gasteiger partial charge in [-0.25, -0.2) is 4.98 Å². The van der Waals surface area contributed by atoms with Crippen LogP contribution < -0.4 is 5.32 Å². The fourth-order valence-electron chi connectivity index (χ4n) is 1.67. The highest BCUT2D eigenvalue weighted by Crippen LogP contribution is 2.23. The van der Waals surface area contributed by atoms with Crippen LogP contribution in [0.15, 0.2) is 36.5 Å². The highest BCUT2D eigenvalue weighted by Gasteiger charge is 2.02. The van der Waals surface area contributed by atoms with Gasteiger partial charge in [0.15, 0.2) is 0 Å². The Kier molecular flexibility index (Phi) is 3.06. The smallest absolute Gasteiger partial charge is 0.130 e. The normalized spacial score (nSPS) is 9.71. The molecular weight excluding hydrogens is 210 g/mol. The first-order chi connectivity index (χ1) is 8.20. The third-order valence-electron chi connectivity index (χ3n) is 2.63. The number of anilines is 2. The number of nitrogens with one attached hydrogen (secondary N) is 1. The molecule has 3 heteroatoms. The minimum Gasteiger partial charge on any atom is -0.340 e. The first-order valence-corrected chi connectivity index (χ1v) is 5.40. The van der Waals surface area contributed by atoms with Gasteiger partial charge < -0.3 is 5.32 Å². The Hall–Kier alpha value is -2.34. The minimum atomic E-state index is 0.567. The summed E-state index contributed by atoms with van der Waals surface area (Å²) < 4.78 is 0. The molecule has 0 atom stereocenters. The van der Waals surface area contributed by atoms with Crippen LogP contribution in [0, 0.1) is 25.2 Å². The van der Waals surface area contributed by atoms with Crippen molar-refractivity contribution in [2.24, 2.45) is 0 Å². The summed E-state index contributed by atoms with van der Waals surface area (Å²) in [7, 11) is 0. The predicted molar refractivity (Wildman–Crippen MR) is 68.2 cm³/mol. The van der Waals surface area contributed by atoms with Crippen LogP contribution >= 0.6 is 0 Å². The number of pyridine rings is 1. The number of benzene rings is 1. The molecule has 0 aliphatic carbocycles. The van der Waals surface area contributed by atoms with E-state index in [4.69, 9.17) is 5.26 Å². The van der Waals surface area contributed by atoms with Gasteiger partial charge in [0.05, 0.1) is 5.56 Å². The van der Waals surface area contributed by atoms with E-state index in [1.165, 1.54) is 11.1 Å². The van der Waals surface area contributed by atoms with E-state index < -0.39 is 0 Å². The van der Waals surface area contributed by atoms with Crippen LogP contribution in [-0.4, -0.2) is 4.98 Å². The van der Waals surface area contributed by atoms with Crippen LogP contribution in [0.2, 0.25) is 0 Å². The second kappa shape index (κ2) is 4.67. The van der Waals surface area contributed by atoms with Crippen LogP contribution in [-0.2, 0) is 0 Å². The molecule has 0 spiro atoms. The van der Waals surface area contributed by atoms with E-state index in [1.54, 1.807) is 12.3 Å². The zero-order valence-corrected chi connectivity index (χ0v) is 9.86. The molecule has 1 aromatic carbocycles. The van der Waals surface area contributed by atoms with Crippen molar-refractivity contribution in [3.8, 4) is 6.07 Å². The first kappa shape index (κ1) is 11.2. The highest BCUT2D eigenvalue weighted by molar-refractivity contribution is 5.64. The second-order valence-corrected chi connectivity index (χ2v) is 3.94. The van der Waals surface area contributed by atoms with E-state index in [-0.39, 0.29) is 0 Å². The Morgan fingerprint density at radius 3 is 2.35 bits per heavy atom. The van der Waals surface area contributed by atoms with Crippen molar-refractivity contribution >= 4 is 11.5 Å². The fraction of sp³-hybridized carbons (Fsp3) is 0.143. The average molecular weight is 223 g/mol. The van der Waals surface area contributed by atoms with Crippen LogP contribution in [0.1, 0.15) is 16.7 Å². The molecule has 0 saturated carbocycles. The SMILES string of the molecule is Cc1cccc(C)c1Nc1ccc(C#N)cn1. The number of nitriles is 1. The van der Waals surface area contributed by atoms with Crippen LogP contribution in [0.25, 0.3) is 0 Å². The monoisotopic (exact) mass is 223 g/mol. The van der Waals surface area contributed by atoms with Crippen molar-refractivity contribution in [1.82, 2.24) is 4.98 Å². The molecule has 1 heterocycles. The van der Waals surface area contributed by atoms with Gasteiger partial charge in [-0.05, 0) is 37.1 Å². The molecule has 0 fully saturated rings. The molecule has 2 rings (SSSR count). The van der Waals surface area contributed by atoms with Crippen LogP contribution in [0.4, 0.5) is 11.5 Å². The molecule has 0 unspecified atom stereocenters. The first-order valence-electron chi connectivity index (χ1n) is 5.40. The Bertz CT molecular complexity index is 545. The maximum absolute atomic E-state index is 8.70. The van der Waals surface area contributed by atoms with E-state index in [2.05, 4.69) is 42.4 Å². The lowest BCUT2D eigenvalue weighted by Gasteiger charge is -2.11. The summed E-state index contributed by atoms with van der Waals surface area (Å²) in [5, 5.41) is 12.0. The van der Waals surface area contributed by atoms with Crippen molar-refractivity contribution in [3.63, 3.8) is 0 Å². The Morgan fingerprint density at radius 1 is 1.12 bits per heavy atom. The Balaban J connectivity index is 2.29. The predicted octanol–water partition coefficient (Wildman–Crippen LogP) is 3.31. The maximum Gasteiger partial charge on any atom is 0.130 e. The van der Waals surface area contributed by atoms with Gasteiger partial charge in [-0.2, -0.15) is 5.26 Å². The molecule has 1 aromatic heterocycles. The molecule has 0 bridgehead atoms. The van der Waals surface area contributed by atoms with E-state index >= 15 is 0 Å². The number of rotatable bonds is 2. The molecule has 84 valence electrons. The third-order valence-corrected chi connectivity index (χ3v) is 2.63. The largest absolute Gasteiger partial charge is 0.340 e. The van der Waals surface area contributed by atoms with Gasteiger partial charge in [-0.15, -0.1) is 0 Å². The summed E-state index contributed by atoms with van der Waals surface area (Å²) in [6.45, 7) is 4.11. The summed E-state index contributed by atoms with van der Waals surface area (Å²) in [6.07, 6.45) is 1.57. The summed E-state index contributed by atoms with van der Waals surface area (Å²) in [5.41, 5.74) is 3.99. The second-order valence-electron chi connectivity index (χ2n) is 3.94. The van der Waals surface area contributed by atoms with Crippen molar-refractivity contribution in [2.45, 2.75) is 13.8 Å². The lowest BCUT2D eigenvalue weighted by atomic mass is 10.1. The van der Waals surface area contributed by atoms with Crippen molar-refractivity contribution in [3.05, 3.63) is 53.2 Å². The lowest BCUT2D eigenvalue weighted by Crippen LogP contribution is -1.97. The molecule has 3 nitrogen and oxygen atoms in total. The molecular formula is C14H13N3. The number of aryl methyl sites for hydroxylation is 2. The highest BCUT2D eigenvalue weighted by atomic mass is 15.0. The lowest BCUT2D eigenvalue weighted by molar-refractivity contribution is 1.26. The van der Waals surface area contributed by atoms with E-state index in [0.29, 0.717) is 5.56 Å². The molecule has 1 N–H and O–H groups in total. The number of nitrogens with zero attached hydrogens (tertiary/aromatic N) is 2. The summed E-state index contributed by atoms with van der Waals surface area (Å²) in [4.78, 5) is 4.19. The number of aromatic nitrogens is 1. The molecule has 0 radical (unpaired) electrons. The van der Waals surface area contributed by atoms with Gasteiger partial charge in [0, 0.05) is 11.9 Å². The third kappa shape index (κ3) is 2.43. The minimum absolute atomic E-state index is 0.567. The Morgan fingerprint density at radius 2 is 1.82 bits per heavy atom. The molecule has 2 aromatic rings. The molecule has 0 aliphatic heterocycles. The van der Waals surface area contributed by atoms with E-state index in [0.717, 1.165) is 11.5 Å². The number of hydrogen-bond donors (Lipinski definition) is 1. The number of para-hydroxylation sites is 1. The zero-order chi connectivity index (χ0) is 12.3. The quantitative estimate of drug-likeness (QED) is 0.849. The fourth-order valence-corrected chi connectivity index (χ4v) is 1.67. The van der Waals surface area contributed by atoms with Gasteiger partial charge in [-0.1, -0.05) is 18.2 Å². The van der Waals surface area contributed by atoms with Crippen molar-refractivity contribution in [2.75, 3.05) is 5.32 Å². The molecule has 0 amide bonds. The summed E-state index contributed by atoms with van der Waals surface area (Å²) in [6, 6.07) is 11.8. The van der Waals surface area contributed by atoms with Gasteiger partial charge >= 0.3 is 0 Å². The molecule has 17 heavy (non-hydrogen) atoms. The molecule has 0 saturated heterocycles. The average Bonchev–Trinajstić information content (AvgIpc) is 2.35. The maximum atomic E-state index is 8.70. The van der Waals surface area contributed by atoms with Gasteiger partial charge in [0.25, 0.3) is 0 Å². The van der Waals surface area contributed by atoms with Gasteiger partial charge in [0.1, 0.15) is 11.9 Å². The summed E-state index contributed by atoms with van der Waals surface area (Å²) in [5.74, 6) is 0.751. The standard InChI is InChI=1S/C14H13N3/c1-10-4-3-5-11(2)14(10)17-13-7-6-12(8-15)9-16-13/h3-7,9H,1-2H3,(H,16,17). The van der Waals surface area contributed by atoms with Gasteiger partial charge in [-0.3, -0.25) is 0 Å². The molecule has 0 aliphatic rings. The van der Waals surface area contributed by atoms with E-state index in [1.807, 2.05) is 12.1 Å². The summed E-state index contributed by atoms with van der Waals surface area (Å²) >= 11 is 0. The van der Waals surface area contributed by atoms with Crippen molar-refractivity contribution in [1.29, 1.82) is 5.26 Å².